The van der Waals surface area contributed by atoms with Gasteiger partial charge in [0.1, 0.15) is 11.9 Å². The lowest BCUT2D eigenvalue weighted by Crippen LogP contribution is -2.59. The van der Waals surface area contributed by atoms with Gasteiger partial charge in [-0.25, -0.2) is 9.18 Å². The van der Waals surface area contributed by atoms with Crippen LogP contribution in [0.2, 0.25) is 0 Å². The quantitative estimate of drug-likeness (QED) is 0.902. The third-order valence-corrected chi connectivity index (χ3v) is 4.36. The molecule has 1 aromatic carbocycles. The number of carbonyl (C=O) groups excluding carboxylic acids is 2. The molecule has 2 aliphatic heterocycles. The van der Waals surface area contributed by atoms with Crippen LogP contribution in [0.25, 0.3) is 0 Å². The van der Waals surface area contributed by atoms with E-state index in [1.54, 1.807) is 17.0 Å². The molecule has 2 saturated heterocycles. The molecule has 0 bridgehead atoms. The van der Waals surface area contributed by atoms with Crippen molar-refractivity contribution in [3.63, 3.8) is 0 Å². The summed E-state index contributed by atoms with van der Waals surface area (Å²) in [7, 11) is 0. The summed E-state index contributed by atoms with van der Waals surface area (Å²) in [5, 5.41) is 0. The number of halogens is 1. The minimum atomic E-state index is -0.541. The molecule has 7 heteroatoms. The Hall–Kier alpha value is -2.15. The van der Waals surface area contributed by atoms with Crippen molar-refractivity contribution in [1.82, 2.24) is 9.80 Å². The number of ether oxygens (including phenoxy) is 1. The van der Waals surface area contributed by atoms with Gasteiger partial charge in [0.25, 0.3) is 0 Å². The van der Waals surface area contributed by atoms with Gasteiger partial charge in [0.15, 0.2) is 0 Å². The van der Waals surface area contributed by atoms with Crippen LogP contribution >= 0.6 is 0 Å². The predicted octanol–water partition coefficient (Wildman–Crippen LogP) is 1.10. The lowest BCUT2D eigenvalue weighted by atomic mass is 10.1. The molecule has 2 fully saturated rings. The zero-order valence-electron chi connectivity index (χ0n) is 12.8. The van der Waals surface area contributed by atoms with E-state index in [0.29, 0.717) is 32.7 Å². The van der Waals surface area contributed by atoms with E-state index in [-0.39, 0.29) is 17.8 Å². The van der Waals surface area contributed by atoms with E-state index in [1.807, 2.05) is 0 Å². The van der Waals surface area contributed by atoms with Gasteiger partial charge in [0.05, 0.1) is 12.7 Å². The largest absolute Gasteiger partial charge is 0.370 e. The second-order valence-electron chi connectivity index (χ2n) is 6.00. The first-order chi connectivity index (χ1) is 11.0. The Morgan fingerprint density at radius 1 is 1.35 bits per heavy atom. The molecule has 124 valence electrons. The molecule has 0 saturated carbocycles. The summed E-state index contributed by atoms with van der Waals surface area (Å²) in [4.78, 5) is 26.8. The van der Waals surface area contributed by atoms with Crippen molar-refractivity contribution in [2.75, 3.05) is 19.6 Å². The molecule has 2 heterocycles. The van der Waals surface area contributed by atoms with Crippen LogP contribution in [0, 0.1) is 5.82 Å². The number of carbonyl (C=O) groups is 2. The number of rotatable bonds is 4. The fraction of sp³-hybridized carbons (Fsp3) is 0.500. The van der Waals surface area contributed by atoms with Gasteiger partial charge in [-0.2, -0.15) is 0 Å². The van der Waals surface area contributed by atoms with Gasteiger partial charge in [-0.1, -0.05) is 12.1 Å². The third kappa shape index (κ3) is 3.44. The Bertz CT molecular complexity index is 604. The van der Waals surface area contributed by atoms with Crippen molar-refractivity contribution in [3.05, 3.63) is 35.6 Å². The van der Waals surface area contributed by atoms with Crippen molar-refractivity contribution in [1.29, 1.82) is 0 Å². The second kappa shape index (κ2) is 6.54. The first kappa shape index (κ1) is 15.7. The zero-order chi connectivity index (χ0) is 16.4. The van der Waals surface area contributed by atoms with E-state index in [2.05, 4.69) is 0 Å². The number of amides is 3. The molecular weight excluding hydrogens is 301 g/mol. The number of nitrogens with two attached hydrogens (primary N) is 1. The van der Waals surface area contributed by atoms with Crippen molar-refractivity contribution in [2.45, 2.75) is 31.6 Å². The van der Waals surface area contributed by atoms with E-state index in [0.717, 1.165) is 12.0 Å². The lowest BCUT2D eigenvalue weighted by Gasteiger charge is -2.41. The first-order valence-electron chi connectivity index (χ1n) is 7.75. The fourth-order valence-corrected chi connectivity index (χ4v) is 3.06. The summed E-state index contributed by atoms with van der Waals surface area (Å²) in [6, 6.07) is 5.29. The molecule has 2 N–H and O–H groups in total. The molecule has 23 heavy (non-hydrogen) atoms. The molecule has 0 aromatic heterocycles. The van der Waals surface area contributed by atoms with Crippen LogP contribution in [0.15, 0.2) is 24.3 Å². The topological polar surface area (TPSA) is 75.9 Å². The second-order valence-corrected chi connectivity index (χ2v) is 6.00. The van der Waals surface area contributed by atoms with E-state index < -0.39 is 12.1 Å². The summed E-state index contributed by atoms with van der Waals surface area (Å²) in [6.07, 6.45) is 1.41. The zero-order valence-corrected chi connectivity index (χ0v) is 12.8. The van der Waals surface area contributed by atoms with Crippen molar-refractivity contribution >= 4 is 11.9 Å². The molecular formula is C16H20FN3O3. The van der Waals surface area contributed by atoms with Crippen LogP contribution in [0.3, 0.4) is 0 Å². The smallest absolute Gasteiger partial charge is 0.315 e. The Balaban J connectivity index is 1.45. The van der Waals surface area contributed by atoms with Gasteiger partial charge < -0.3 is 20.3 Å². The van der Waals surface area contributed by atoms with Gasteiger partial charge >= 0.3 is 6.03 Å². The van der Waals surface area contributed by atoms with Gasteiger partial charge in [-0.3, -0.25) is 4.79 Å². The molecule has 3 rings (SSSR count). The van der Waals surface area contributed by atoms with E-state index in [9.17, 15) is 14.0 Å². The standard InChI is InChI=1S/C16H20FN3O3/c17-12-4-1-3-11(7-12)10-23-13-8-19(9-13)15(21)14-5-2-6-20(14)16(18)22/h1,3-4,7,13-14H,2,5-6,8-10H2,(H2,18,22). The molecule has 3 amide bonds. The van der Waals surface area contributed by atoms with Crippen LogP contribution in [-0.4, -0.2) is 53.5 Å². The number of benzene rings is 1. The lowest BCUT2D eigenvalue weighted by molar-refractivity contribution is -0.149. The Labute approximate surface area is 134 Å². The van der Waals surface area contributed by atoms with Crippen molar-refractivity contribution < 1.29 is 18.7 Å². The van der Waals surface area contributed by atoms with Gasteiger partial charge in [0, 0.05) is 19.6 Å². The number of hydrogen-bond donors (Lipinski definition) is 1. The molecule has 0 radical (unpaired) electrons. The van der Waals surface area contributed by atoms with Crippen LogP contribution in [0.1, 0.15) is 18.4 Å². The normalized spacial score (nSPS) is 21.3. The molecule has 1 unspecified atom stereocenters. The van der Waals surface area contributed by atoms with E-state index >= 15 is 0 Å². The molecule has 1 atom stereocenters. The molecule has 0 spiro atoms. The van der Waals surface area contributed by atoms with E-state index in [1.165, 1.54) is 17.0 Å². The van der Waals surface area contributed by atoms with Gasteiger partial charge in [-0.05, 0) is 30.5 Å². The molecule has 6 nitrogen and oxygen atoms in total. The highest BCUT2D eigenvalue weighted by atomic mass is 19.1. The molecule has 1 aromatic rings. The number of hydrogen-bond acceptors (Lipinski definition) is 3. The fourth-order valence-electron chi connectivity index (χ4n) is 3.06. The highest BCUT2D eigenvalue weighted by Gasteiger charge is 2.40. The van der Waals surface area contributed by atoms with E-state index in [4.69, 9.17) is 10.5 Å². The summed E-state index contributed by atoms with van der Waals surface area (Å²) < 4.78 is 18.7. The highest BCUT2D eigenvalue weighted by Crippen LogP contribution is 2.23. The summed E-state index contributed by atoms with van der Waals surface area (Å²) in [5.41, 5.74) is 6.07. The first-order valence-corrected chi connectivity index (χ1v) is 7.75. The van der Waals surface area contributed by atoms with Crippen LogP contribution in [0.4, 0.5) is 9.18 Å². The number of likely N-dealkylation sites (tertiary alicyclic amines) is 2. The van der Waals surface area contributed by atoms with Gasteiger partial charge in [-0.15, -0.1) is 0 Å². The average molecular weight is 321 g/mol. The van der Waals surface area contributed by atoms with Crippen molar-refractivity contribution in [3.8, 4) is 0 Å². The third-order valence-electron chi connectivity index (χ3n) is 4.36. The highest BCUT2D eigenvalue weighted by molar-refractivity contribution is 5.87. The maximum Gasteiger partial charge on any atom is 0.315 e. The summed E-state index contributed by atoms with van der Waals surface area (Å²) >= 11 is 0. The molecule has 2 aliphatic rings. The predicted molar refractivity (Wildman–Crippen MR) is 80.9 cm³/mol. The monoisotopic (exact) mass is 321 g/mol. The van der Waals surface area contributed by atoms with Crippen LogP contribution in [-0.2, 0) is 16.1 Å². The Morgan fingerprint density at radius 2 is 2.13 bits per heavy atom. The summed E-state index contributed by atoms with van der Waals surface area (Å²) in [5.74, 6) is -0.351. The van der Waals surface area contributed by atoms with Crippen LogP contribution < -0.4 is 5.73 Å². The maximum absolute atomic E-state index is 13.1. The molecule has 0 aliphatic carbocycles. The van der Waals surface area contributed by atoms with Crippen molar-refractivity contribution in [2.24, 2.45) is 5.73 Å². The van der Waals surface area contributed by atoms with Crippen LogP contribution in [0.5, 0.6) is 0 Å². The summed E-state index contributed by atoms with van der Waals surface area (Å²) in [6.45, 7) is 1.86. The SMILES string of the molecule is NC(=O)N1CCCC1C(=O)N1CC(OCc2cccc(F)c2)C1. The Kier molecular flexibility index (Phi) is 4.47. The number of primary amides is 1. The van der Waals surface area contributed by atoms with Gasteiger partial charge in [0.2, 0.25) is 5.91 Å². The Morgan fingerprint density at radius 3 is 2.83 bits per heavy atom. The number of urea groups is 1. The minimum Gasteiger partial charge on any atom is -0.370 e. The average Bonchev–Trinajstić information content (AvgIpc) is 2.95. The minimum absolute atomic E-state index is 0.0503. The number of nitrogens with zero attached hydrogens (tertiary/aromatic N) is 2. The maximum atomic E-state index is 13.1.